The number of hydrogen-bond acceptors (Lipinski definition) is 5. The third-order valence-electron chi connectivity index (χ3n) is 6.56. The van der Waals surface area contributed by atoms with E-state index in [-0.39, 0.29) is 29.4 Å². The lowest BCUT2D eigenvalue weighted by Crippen LogP contribution is -2.47. The van der Waals surface area contributed by atoms with Gasteiger partial charge in [0.25, 0.3) is 10.1 Å². The summed E-state index contributed by atoms with van der Waals surface area (Å²) in [6, 6.07) is 9.79. The van der Waals surface area contributed by atoms with Crippen molar-refractivity contribution in [2.24, 2.45) is 11.8 Å². The Morgan fingerprint density at radius 1 is 1.05 bits per heavy atom. The van der Waals surface area contributed by atoms with Gasteiger partial charge in [0.05, 0.1) is 45.8 Å². The maximum absolute atomic E-state index is 13.2. The number of nitrogens with one attached hydrogen (secondary N) is 3. The van der Waals surface area contributed by atoms with Crippen molar-refractivity contribution in [3.63, 3.8) is 0 Å². The summed E-state index contributed by atoms with van der Waals surface area (Å²) in [5, 5.41) is 6.02. The van der Waals surface area contributed by atoms with Crippen LogP contribution < -0.4 is 10.6 Å². The van der Waals surface area contributed by atoms with Crippen LogP contribution in [0.1, 0.15) is 37.4 Å². The van der Waals surface area contributed by atoms with Crippen LogP contribution in [0.5, 0.6) is 0 Å². The molecular formula is C26H42N5O5S+. The number of benzene rings is 1. The Labute approximate surface area is 220 Å². The maximum Gasteiger partial charge on any atom is 0.265 e. The molecule has 0 aliphatic heterocycles. The first-order valence-corrected chi connectivity index (χ1v) is 14.4. The first-order valence-electron chi connectivity index (χ1n) is 12.8. The highest BCUT2D eigenvalue weighted by molar-refractivity contribution is 7.85. The Morgan fingerprint density at radius 3 is 2.35 bits per heavy atom. The Morgan fingerprint density at radius 2 is 1.73 bits per heavy atom. The molecule has 1 heterocycles. The fourth-order valence-electron chi connectivity index (χ4n) is 4.28. The number of aromatic nitrogens is 2. The summed E-state index contributed by atoms with van der Waals surface area (Å²) in [5.74, 6) is -1.06. The fourth-order valence-corrected chi connectivity index (χ4v) is 4.78. The first-order chi connectivity index (χ1) is 17.5. The highest BCUT2D eigenvalue weighted by atomic mass is 32.2. The molecule has 4 N–H and O–H groups in total. The highest BCUT2D eigenvalue weighted by Crippen LogP contribution is 2.21. The molecule has 0 fully saturated rings. The second-order valence-electron chi connectivity index (χ2n) is 10.2. The zero-order valence-electron chi connectivity index (χ0n) is 22.2. The molecule has 0 aliphatic rings. The molecule has 0 saturated heterocycles. The maximum atomic E-state index is 13.2. The average Bonchev–Trinajstić information content (AvgIpc) is 3.34. The average molecular weight is 537 g/mol. The van der Waals surface area contributed by atoms with Gasteiger partial charge in [-0.2, -0.15) is 8.42 Å². The minimum atomic E-state index is -3.98. The van der Waals surface area contributed by atoms with E-state index in [1.54, 1.807) is 12.5 Å². The van der Waals surface area contributed by atoms with Crippen molar-refractivity contribution < 1.29 is 27.0 Å². The van der Waals surface area contributed by atoms with E-state index in [2.05, 4.69) is 20.6 Å². The molecule has 2 unspecified atom stereocenters. The summed E-state index contributed by atoms with van der Waals surface area (Å²) >= 11 is 0. The quantitative estimate of drug-likeness (QED) is 0.180. The largest absolute Gasteiger partial charge is 0.355 e. The van der Waals surface area contributed by atoms with Gasteiger partial charge in [0.1, 0.15) is 0 Å². The van der Waals surface area contributed by atoms with Gasteiger partial charge >= 0.3 is 0 Å². The number of hydrogen-bond donors (Lipinski definition) is 4. The van der Waals surface area contributed by atoms with E-state index in [9.17, 15) is 18.0 Å². The number of imidazole rings is 1. The van der Waals surface area contributed by atoms with Crippen molar-refractivity contribution in [1.82, 2.24) is 20.6 Å². The molecule has 0 aliphatic carbocycles. The predicted molar refractivity (Wildman–Crippen MR) is 143 cm³/mol. The lowest BCUT2D eigenvalue weighted by atomic mass is 9.87. The predicted octanol–water partition coefficient (Wildman–Crippen LogP) is 1.81. The lowest BCUT2D eigenvalue weighted by molar-refractivity contribution is -0.889. The summed E-state index contributed by atoms with van der Waals surface area (Å²) < 4.78 is 31.4. The van der Waals surface area contributed by atoms with Gasteiger partial charge in [0, 0.05) is 43.1 Å². The molecule has 0 saturated carbocycles. The zero-order valence-corrected chi connectivity index (χ0v) is 23.0. The molecular weight excluding hydrogens is 494 g/mol. The minimum Gasteiger partial charge on any atom is -0.355 e. The van der Waals surface area contributed by atoms with Crippen LogP contribution >= 0.6 is 0 Å². The van der Waals surface area contributed by atoms with Crippen LogP contribution in [0.2, 0.25) is 0 Å². The van der Waals surface area contributed by atoms with Crippen LogP contribution in [0.3, 0.4) is 0 Å². The summed E-state index contributed by atoms with van der Waals surface area (Å²) in [7, 11) is -0.0637. The van der Waals surface area contributed by atoms with Crippen LogP contribution in [0.4, 0.5) is 0 Å². The Kier molecular flexibility index (Phi) is 12.2. The van der Waals surface area contributed by atoms with Crippen molar-refractivity contribution in [1.29, 1.82) is 0 Å². The molecule has 11 heteroatoms. The summed E-state index contributed by atoms with van der Waals surface area (Å²) in [6.45, 7) is 4.05. The van der Waals surface area contributed by atoms with Crippen LogP contribution in [-0.4, -0.2) is 85.3 Å². The standard InChI is InChI=1S/C26H41N5O5S/c1-4-22(25(32)28-12-11-24-19-27-20-30-24)18-23(17-21-9-6-5-7-10-21)26(33)29-13-15-31(2,3)14-8-16-37(34,35)36/h5-7,9-10,19-20,22-23H,4,8,11-18H2,1-3H3,(H3-,27,28,29,30,32,33,34,35,36)/p+1. The van der Waals surface area contributed by atoms with Gasteiger partial charge < -0.3 is 20.1 Å². The van der Waals surface area contributed by atoms with E-state index in [1.165, 1.54) is 0 Å². The van der Waals surface area contributed by atoms with E-state index in [0.717, 1.165) is 11.3 Å². The SMILES string of the molecule is CCC(CC(Cc1ccccc1)C(=O)NCC[N+](C)(C)CCCS(=O)(=O)O)C(=O)NCCc1cnc[nH]1. The molecule has 0 radical (unpaired) electrons. The third-order valence-corrected chi connectivity index (χ3v) is 7.36. The third kappa shape index (κ3) is 12.4. The van der Waals surface area contributed by atoms with Crippen molar-refractivity contribution in [3.05, 3.63) is 54.1 Å². The van der Waals surface area contributed by atoms with Crippen molar-refractivity contribution in [3.8, 4) is 0 Å². The molecule has 0 spiro atoms. The number of nitrogens with zero attached hydrogens (tertiary/aromatic N) is 2. The van der Waals surface area contributed by atoms with Gasteiger partial charge in [-0.15, -0.1) is 0 Å². The van der Waals surface area contributed by atoms with Crippen molar-refractivity contribution >= 4 is 21.9 Å². The fraction of sp³-hybridized carbons (Fsp3) is 0.577. The molecule has 1 aromatic carbocycles. The van der Waals surface area contributed by atoms with Gasteiger partial charge in [0.2, 0.25) is 11.8 Å². The van der Waals surface area contributed by atoms with Gasteiger partial charge in [-0.1, -0.05) is 37.3 Å². The Balaban J connectivity index is 1.94. The van der Waals surface area contributed by atoms with Gasteiger partial charge in [0.15, 0.2) is 0 Å². The van der Waals surface area contributed by atoms with Gasteiger partial charge in [-0.05, 0) is 24.8 Å². The summed E-state index contributed by atoms with van der Waals surface area (Å²) in [5.41, 5.74) is 1.99. The van der Waals surface area contributed by atoms with Gasteiger partial charge in [-0.25, -0.2) is 4.98 Å². The molecule has 2 rings (SSSR count). The molecule has 1 aromatic heterocycles. The number of quaternary nitrogens is 1. The number of rotatable bonds is 17. The van der Waals surface area contributed by atoms with Crippen LogP contribution in [0.15, 0.2) is 42.9 Å². The highest BCUT2D eigenvalue weighted by Gasteiger charge is 2.27. The van der Waals surface area contributed by atoms with Gasteiger partial charge in [-0.3, -0.25) is 14.1 Å². The zero-order chi connectivity index (χ0) is 27.3. The van der Waals surface area contributed by atoms with E-state index in [0.29, 0.717) is 62.8 Å². The normalized spacial score (nSPS) is 13.6. The summed E-state index contributed by atoms with van der Waals surface area (Å²) in [6.07, 6.45) is 5.96. The number of aromatic amines is 1. The minimum absolute atomic E-state index is 0.0514. The summed E-state index contributed by atoms with van der Waals surface area (Å²) in [4.78, 5) is 33.2. The van der Waals surface area contributed by atoms with Crippen molar-refractivity contribution in [2.75, 3.05) is 46.0 Å². The number of H-pyrrole nitrogens is 1. The molecule has 2 amide bonds. The van der Waals surface area contributed by atoms with Crippen LogP contribution in [0, 0.1) is 11.8 Å². The molecule has 206 valence electrons. The van der Waals surface area contributed by atoms with E-state index >= 15 is 0 Å². The number of carbonyl (C=O) groups excluding carboxylic acids is 2. The molecule has 37 heavy (non-hydrogen) atoms. The topological polar surface area (TPSA) is 141 Å². The smallest absolute Gasteiger partial charge is 0.265 e. The van der Waals surface area contributed by atoms with E-state index in [1.807, 2.05) is 51.4 Å². The van der Waals surface area contributed by atoms with Crippen LogP contribution in [0.25, 0.3) is 0 Å². The molecule has 2 aromatic rings. The number of amides is 2. The Hall–Kier alpha value is -2.76. The van der Waals surface area contributed by atoms with E-state index in [4.69, 9.17) is 4.55 Å². The number of likely N-dealkylation sites (N-methyl/N-ethyl adjacent to an activating group) is 1. The molecule has 2 atom stereocenters. The molecule has 0 bridgehead atoms. The van der Waals surface area contributed by atoms with E-state index < -0.39 is 10.1 Å². The Bertz CT molecular complexity index is 1060. The lowest BCUT2D eigenvalue weighted by Gasteiger charge is -2.30. The van der Waals surface area contributed by atoms with Crippen LogP contribution in [-0.2, 0) is 32.5 Å². The molecule has 10 nitrogen and oxygen atoms in total. The second-order valence-corrected chi connectivity index (χ2v) is 11.7. The second kappa shape index (κ2) is 14.8. The number of carbonyl (C=O) groups is 2. The first kappa shape index (κ1) is 30.5. The van der Waals surface area contributed by atoms with Crippen molar-refractivity contribution in [2.45, 2.75) is 39.0 Å². The monoisotopic (exact) mass is 536 g/mol.